The summed E-state index contributed by atoms with van der Waals surface area (Å²) in [6, 6.07) is 8.58. The van der Waals surface area contributed by atoms with Crippen molar-refractivity contribution in [3.63, 3.8) is 0 Å². The highest BCUT2D eigenvalue weighted by molar-refractivity contribution is 5.29. The predicted molar refractivity (Wildman–Crippen MR) is 78.4 cm³/mol. The molecule has 102 valence electrons. The van der Waals surface area contributed by atoms with Gasteiger partial charge in [0.05, 0.1) is 7.11 Å². The Morgan fingerprint density at radius 1 is 1.11 bits per heavy atom. The van der Waals surface area contributed by atoms with Crippen LogP contribution < -0.4 is 4.74 Å². The molecule has 1 saturated carbocycles. The molecule has 2 nitrogen and oxygen atoms in total. The summed E-state index contributed by atoms with van der Waals surface area (Å²) in [5, 5.41) is 0. The maximum atomic E-state index is 5.22. The Kier molecular flexibility index (Phi) is 3.50. The van der Waals surface area contributed by atoms with E-state index in [0.717, 1.165) is 11.7 Å². The smallest absolute Gasteiger partial charge is 0.118 e. The average molecular weight is 257 g/mol. The SMILES string of the molecule is C=C(C1CC1)N1CCC(c2ccc(OC)cc2)CC1. The molecule has 1 heterocycles. The second kappa shape index (κ2) is 5.28. The van der Waals surface area contributed by atoms with Crippen molar-refractivity contribution in [2.24, 2.45) is 5.92 Å². The van der Waals surface area contributed by atoms with Crippen LogP contribution in [-0.4, -0.2) is 25.1 Å². The lowest BCUT2D eigenvalue weighted by Crippen LogP contribution is -2.32. The summed E-state index contributed by atoms with van der Waals surface area (Å²) in [5.41, 5.74) is 2.85. The van der Waals surface area contributed by atoms with Crippen LogP contribution in [0, 0.1) is 5.92 Å². The van der Waals surface area contributed by atoms with E-state index in [2.05, 4.69) is 35.7 Å². The summed E-state index contributed by atoms with van der Waals surface area (Å²) in [6.45, 7) is 6.62. The van der Waals surface area contributed by atoms with Crippen LogP contribution in [-0.2, 0) is 0 Å². The summed E-state index contributed by atoms with van der Waals surface area (Å²) >= 11 is 0. The Morgan fingerprint density at radius 2 is 1.74 bits per heavy atom. The Balaban J connectivity index is 1.58. The minimum atomic E-state index is 0.703. The van der Waals surface area contributed by atoms with Gasteiger partial charge >= 0.3 is 0 Å². The van der Waals surface area contributed by atoms with Gasteiger partial charge in [0.15, 0.2) is 0 Å². The van der Waals surface area contributed by atoms with Crippen molar-refractivity contribution < 1.29 is 4.74 Å². The zero-order chi connectivity index (χ0) is 13.2. The number of ether oxygens (including phenoxy) is 1. The number of methoxy groups -OCH3 is 1. The standard InChI is InChI=1S/C17H23NO/c1-13(14-3-4-14)18-11-9-16(10-12-18)15-5-7-17(19-2)8-6-15/h5-8,14,16H,1,3-4,9-12H2,2H3. The van der Waals surface area contributed by atoms with Gasteiger partial charge in [-0.1, -0.05) is 18.7 Å². The average Bonchev–Trinajstić information content (AvgIpc) is 3.31. The minimum Gasteiger partial charge on any atom is -0.497 e. The summed E-state index contributed by atoms with van der Waals surface area (Å²) in [4.78, 5) is 2.51. The molecule has 3 rings (SSSR count). The first-order valence-corrected chi connectivity index (χ1v) is 7.35. The molecule has 2 fully saturated rings. The maximum absolute atomic E-state index is 5.22. The van der Waals surface area contributed by atoms with Crippen molar-refractivity contribution in [3.8, 4) is 5.75 Å². The van der Waals surface area contributed by atoms with Gasteiger partial charge in [0.2, 0.25) is 0 Å². The van der Waals surface area contributed by atoms with Crippen LogP contribution in [0.1, 0.15) is 37.2 Å². The summed E-state index contributed by atoms with van der Waals surface area (Å²) in [7, 11) is 1.72. The molecule has 0 amide bonds. The maximum Gasteiger partial charge on any atom is 0.118 e. The Hall–Kier alpha value is -1.44. The lowest BCUT2D eigenvalue weighted by molar-refractivity contribution is 0.253. The van der Waals surface area contributed by atoms with Crippen LogP contribution in [0.15, 0.2) is 36.5 Å². The van der Waals surface area contributed by atoms with Crippen molar-refractivity contribution in [3.05, 3.63) is 42.1 Å². The highest BCUT2D eigenvalue weighted by Gasteiger charge is 2.30. The first-order chi connectivity index (χ1) is 9.28. The number of allylic oxidation sites excluding steroid dienone is 1. The molecule has 1 aliphatic heterocycles. The van der Waals surface area contributed by atoms with E-state index in [0.29, 0.717) is 5.92 Å². The number of hydrogen-bond acceptors (Lipinski definition) is 2. The zero-order valence-electron chi connectivity index (χ0n) is 11.8. The molecular formula is C17H23NO. The lowest BCUT2D eigenvalue weighted by atomic mass is 9.89. The third kappa shape index (κ3) is 2.78. The fourth-order valence-corrected chi connectivity index (χ4v) is 3.05. The van der Waals surface area contributed by atoms with Crippen LogP contribution in [0.4, 0.5) is 0 Å². The molecule has 0 aromatic heterocycles. The summed E-state index contributed by atoms with van der Waals surface area (Å²) < 4.78 is 5.22. The van der Waals surface area contributed by atoms with E-state index in [1.165, 1.54) is 50.0 Å². The first kappa shape index (κ1) is 12.6. The van der Waals surface area contributed by atoms with Gasteiger partial charge in [-0.3, -0.25) is 0 Å². The molecule has 1 aromatic rings. The van der Waals surface area contributed by atoms with Crippen molar-refractivity contribution >= 4 is 0 Å². The van der Waals surface area contributed by atoms with Crippen molar-refractivity contribution in [1.82, 2.24) is 4.90 Å². The van der Waals surface area contributed by atoms with Crippen LogP contribution in [0.3, 0.4) is 0 Å². The number of likely N-dealkylation sites (tertiary alicyclic amines) is 1. The van der Waals surface area contributed by atoms with Gasteiger partial charge in [-0.2, -0.15) is 0 Å². The summed E-state index contributed by atoms with van der Waals surface area (Å²) in [5.74, 6) is 2.45. The van der Waals surface area contributed by atoms with Crippen LogP contribution in [0.2, 0.25) is 0 Å². The van der Waals surface area contributed by atoms with Gasteiger partial charge in [-0.15, -0.1) is 0 Å². The number of nitrogens with zero attached hydrogens (tertiary/aromatic N) is 1. The van der Waals surface area contributed by atoms with Crippen molar-refractivity contribution in [2.45, 2.75) is 31.6 Å². The van der Waals surface area contributed by atoms with Gasteiger partial charge in [-0.05, 0) is 55.2 Å². The van der Waals surface area contributed by atoms with Gasteiger partial charge in [-0.25, -0.2) is 0 Å². The molecule has 0 N–H and O–H groups in total. The molecule has 0 bridgehead atoms. The molecule has 2 heteroatoms. The number of rotatable bonds is 4. The summed E-state index contributed by atoms with van der Waals surface area (Å²) in [6.07, 6.45) is 5.21. The number of hydrogen-bond donors (Lipinski definition) is 0. The molecule has 0 radical (unpaired) electrons. The molecule has 1 aromatic carbocycles. The molecule has 0 spiro atoms. The van der Waals surface area contributed by atoms with Gasteiger partial charge in [0.25, 0.3) is 0 Å². The molecule has 1 aliphatic carbocycles. The Bertz CT molecular complexity index is 439. The van der Waals surface area contributed by atoms with E-state index in [9.17, 15) is 0 Å². The Morgan fingerprint density at radius 3 is 2.26 bits per heavy atom. The van der Waals surface area contributed by atoms with E-state index < -0.39 is 0 Å². The van der Waals surface area contributed by atoms with Gasteiger partial charge < -0.3 is 9.64 Å². The van der Waals surface area contributed by atoms with Crippen LogP contribution in [0.5, 0.6) is 5.75 Å². The number of piperidine rings is 1. The largest absolute Gasteiger partial charge is 0.497 e. The van der Waals surface area contributed by atoms with Gasteiger partial charge in [0, 0.05) is 18.8 Å². The fourth-order valence-electron chi connectivity index (χ4n) is 3.05. The zero-order valence-corrected chi connectivity index (χ0v) is 11.8. The van der Waals surface area contributed by atoms with Crippen molar-refractivity contribution in [2.75, 3.05) is 20.2 Å². The van der Waals surface area contributed by atoms with Crippen LogP contribution in [0.25, 0.3) is 0 Å². The normalized spacial score (nSPS) is 20.4. The van der Waals surface area contributed by atoms with E-state index >= 15 is 0 Å². The molecule has 1 saturated heterocycles. The highest BCUT2D eigenvalue weighted by Crippen LogP contribution is 2.39. The van der Waals surface area contributed by atoms with E-state index in [4.69, 9.17) is 4.74 Å². The minimum absolute atomic E-state index is 0.703. The lowest BCUT2D eigenvalue weighted by Gasteiger charge is -2.35. The van der Waals surface area contributed by atoms with E-state index in [1.807, 2.05) is 0 Å². The third-order valence-electron chi connectivity index (χ3n) is 4.54. The van der Waals surface area contributed by atoms with Crippen LogP contribution >= 0.6 is 0 Å². The van der Waals surface area contributed by atoms with Crippen molar-refractivity contribution in [1.29, 1.82) is 0 Å². The second-order valence-corrected chi connectivity index (χ2v) is 5.80. The van der Waals surface area contributed by atoms with Gasteiger partial charge in [0.1, 0.15) is 5.75 Å². The van der Waals surface area contributed by atoms with E-state index in [-0.39, 0.29) is 0 Å². The third-order valence-corrected chi connectivity index (χ3v) is 4.54. The quantitative estimate of drug-likeness (QED) is 0.813. The first-order valence-electron chi connectivity index (χ1n) is 7.35. The molecular weight excluding hydrogens is 234 g/mol. The predicted octanol–water partition coefficient (Wildman–Crippen LogP) is 3.80. The highest BCUT2D eigenvalue weighted by atomic mass is 16.5. The van der Waals surface area contributed by atoms with E-state index in [1.54, 1.807) is 7.11 Å². The monoisotopic (exact) mass is 257 g/mol. The Labute approximate surface area is 116 Å². The number of benzene rings is 1. The topological polar surface area (TPSA) is 12.5 Å². The molecule has 0 unspecified atom stereocenters. The fraction of sp³-hybridized carbons (Fsp3) is 0.529. The molecule has 0 atom stereocenters. The second-order valence-electron chi connectivity index (χ2n) is 5.80. The molecule has 19 heavy (non-hydrogen) atoms. The molecule has 2 aliphatic rings.